The number of guanidine groups is 1. The van der Waals surface area contributed by atoms with Crippen molar-refractivity contribution in [3.8, 4) is 5.75 Å². The van der Waals surface area contributed by atoms with Crippen LogP contribution in [0.25, 0.3) is 0 Å². The fraction of sp³-hybridized carbons (Fsp3) is 0.360. The van der Waals surface area contributed by atoms with Gasteiger partial charge in [0.15, 0.2) is 5.96 Å². The van der Waals surface area contributed by atoms with Crippen LogP contribution in [-0.2, 0) is 24.4 Å². The zero-order valence-electron chi connectivity index (χ0n) is 18.3. The van der Waals surface area contributed by atoms with Crippen LogP contribution in [0.3, 0.4) is 0 Å². The molecule has 31 heavy (non-hydrogen) atoms. The SMILES string of the molecule is C=CCOc1ccccc1CNC(=NCc1cccc(CN2CCCC2=O)c1)NCC. The first-order chi connectivity index (χ1) is 15.2. The standard InChI is InChI=1S/C25H32N4O2/c1-3-15-31-23-12-6-5-11-22(23)18-28-25(26-4-2)27-17-20-9-7-10-21(16-20)19-29-14-8-13-24(29)30/h3,5-7,9-12,16H,1,4,8,13-15,17-19H2,2H3,(H2,26,27,28). The van der Waals surface area contributed by atoms with Crippen LogP contribution in [-0.4, -0.2) is 36.5 Å². The van der Waals surface area contributed by atoms with E-state index in [1.54, 1.807) is 6.08 Å². The molecule has 1 saturated heterocycles. The minimum absolute atomic E-state index is 0.249. The number of hydrogen-bond donors (Lipinski definition) is 2. The average Bonchev–Trinajstić information content (AvgIpc) is 3.19. The van der Waals surface area contributed by atoms with Gasteiger partial charge in [0, 0.05) is 38.2 Å². The Labute approximate surface area is 185 Å². The molecule has 1 amide bonds. The number of likely N-dealkylation sites (tertiary alicyclic amines) is 1. The Bertz CT molecular complexity index is 910. The molecule has 0 unspecified atom stereocenters. The normalized spacial score (nSPS) is 13.9. The van der Waals surface area contributed by atoms with Gasteiger partial charge in [0.1, 0.15) is 12.4 Å². The summed E-state index contributed by atoms with van der Waals surface area (Å²) in [6.45, 7) is 9.71. The van der Waals surface area contributed by atoms with Crippen LogP contribution in [0.1, 0.15) is 36.5 Å². The summed E-state index contributed by atoms with van der Waals surface area (Å²) in [5, 5.41) is 6.68. The van der Waals surface area contributed by atoms with Crippen LogP contribution >= 0.6 is 0 Å². The first-order valence-corrected chi connectivity index (χ1v) is 10.9. The predicted molar refractivity (Wildman–Crippen MR) is 125 cm³/mol. The zero-order chi connectivity index (χ0) is 21.9. The van der Waals surface area contributed by atoms with E-state index in [0.717, 1.165) is 47.9 Å². The average molecular weight is 421 g/mol. The molecule has 2 aromatic carbocycles. The molecule has 0 saturated carbocycles. The van der Waals surface area contributed by atoms with Gasteiger partial charge in [-0.3, -0.25) is 4.79 Å². The minimum atomic E-state index is 0.249. The van der Waals surface area contributed by atoms with Crippen LogP contribution in [0, 0.1) is 0 Å². The van der Waals surface area contributed by atoms with Crippen LogP contribution in [0.4, 0.5) is 0 Å². The number of amides is 1. The molecule has 0 aliphatic carbocycles. The monoisotopic (exact) mass is 420 g/mol. The number of carbonyl (C=O) groups is 1. The summed E-state index contributed by atoms with van der Waals surface area (Å²) >= 11 is 0. The van der Waals surface area contributed by atoms with Crippen molar-refractivity contribution < 1.29 is 9.53 Å². The third kappa shape index (κ3) is 6.88. The van der Waals surface area contributed by atoms with Gasteiger partial charge < -0.3 is 20.3 Å². The Morgan fingerprint density at radius 2 is 2.03 bits per heavy atom. The van der Waals surface area contributed by atoms with Gasteiger partial charge in [0.05, 0.1) is 6.54 Å². The first kappa shape index (κ1) is 22.4. The van der Waals surface area contributed by atoms with E-state index in [9.17, 15) is 4.79 Å². The van der Waals surface area contributed by atoms with E-state index in [1.165, 1.54) is 0 Å². The summed E-state index contributed by atoms with van der Waals surface area (Å²) in [6, 6.07) is 16.3. The molecule has 1 heterocycles. The van der Waals surface area contributed by atoms with Crippen LogP contribution in [0.15, 0.2) is 66.2 Å². The molecule has 1 aliphatic rings. The molecule has 6 nitrogen and oxygen atoms in total. The third-order valence-electron chi connectivity index (χ3n) is 5.08. The lowest BCUT2D eigenvalue weighted by atomic mass is 10.1. The maximum absolute atomic E-state index is 11.9. The Morgan fingerprint density at radius 1 is 1.19 bits per heavy atom. The van der Waals surface area contributed by atoms with Crippen molar-refractivity contribution in [3.05, 3.63) is 77.9 Å². The second-order valence-corrected chi connectivity index (χ2v) is 7.49. The zero-order valence-corrected chi connectivity index (χ0v) is 18.3. The summed E-state index contributed by atoms with van der Waals surface area (Å²) in [5.74, 6) is 1.84. The molecule has 0 spiro atoms. The molecule has 1 aliphatic heterocycles. The van der Waals surface area contributed by atoms with Crippen molar-refractivity contribution in [1.29, 1.82) is 0 Å². The highest BCUT2D eigenvalue weighted by Gasteiger charge is 2.19. The van der Waals surface area contributed by atoms with Gasteiger partial charge in [-0.1, -0.05) is 55.1 Å². The highest BCUT2D eigenvalue weighted by Crippen LogP contribution is 2.18. The highest BCUT2D eigenvalue weighted by molar-refractivity contribution is 5.80. The minimum Gasteiger partial charge on any atom is -0.489 e. The lowest BCUT2D eigenvalue weighted by Crippen LogP contribution is -2.36. The Kier molecular flexibility index (Phi) is 8.52. The van der Waals surface area contributed by atoms with E-state index >= 15 is 0 Å². The maximum atomic E-state index is 11.9. The quantitative estimate of drug-likeness (QED) is 0.350. The van der Waals surface area contributed by atoms with E-state index in [2.05, 4.69) is 35.4 Å². The highest BCUT2D eigenvalue weighted by atomic mass is 16.5. The van der Waals surface area contributed by atoms with Crippen molar-refractivity contribution in [2.24, 2.45) is 4.99 Å². The molecule has 2 N–H and O–H groups in total. The lowest BCUT2D eigenvalue weighted by molar-refractivity contribution is -0.128. The second kappa shape index (κ2) is 11.8. The summed E-state index contributed by atoms with van der Waals surface area (Å²) in [4.78, 5) is 18.6. The number of aliphatic imine (C=N–C) groups is 1. The van der Waals surface area contributed by atoms with E-state index in [4.69, 9.17) is 9.73 Å². The molecular weight excluding hydrogens is 388 g/mol. The molecular formula is C25H32N4O2. The summed E-state index contributed by atoms with van der Waals surface area (Å²) in [6.07, 6.45) is 3.37. The van der Waals surface area contributed by atoms with Gasteiger partial charge in [-0.15, -0.1) is 0 Å². The second-order valence-electron chi connectivity index (χ2n) is 7.49. The molecule has 6 heteroatoms. The summed E-state index contributed by atoms with van der Waals surface area (Å²) in [7, 11) is 0. The number of benzene rings is 2. The van der Waals surface area contributed by atoms with Crippen molar-refractivity contribution in [2.45, 2.75) is 39.4 Å². The maximum Gasteiger partial charge on any atom is 0.222 e. The Hall–Kier alpha value is -3.28. The molecule has 0 bridgehead atoms. The molecule has 0 aromatic heterocycles. The van der Waals surface area contributed by atoms with E-state index in [0.29, 0.717) is 32.7 Å². The van der Waals surface area contributed by atoms with Crippen LogP contribution in [0.5, 0.6) is 5.75 Å². The van der Waals surface area contributed by atoms with Gasteiger partial charge in [-0.2, -0.15) is 0 Å². The van der Waals surface area contributed by atoms with Gasteiger partial charge in [0.2, 0.25) is 5.91 Å². The van der Waals surface area contributed by atoms with Crippen molar-refractivity contribution in [3.63, 3.8) is 0 Å². The fourth-order valence-electron chi connectivity index (χ4n) is 3.55. The van der Waals surface area contributed by atoms with Crippen molar-refractivity contribution in [1.82, 2.24) is 15.5 Å². The van der Waals surface area contributed by atoms with E-state index in [-0.39, 0.29) is 5.91 Å². The lowest BCUT2D eigenvalue weighted by Gasteiger charge is -2.16. The molecule has 0 radical (unpaired) electrons. The molecule has 1 fully saturated rings. The molecule has 3 rings (SSSR count). The first-order valence-electron chi connectivity index (χ1n) is 10.9. The molecule has 2 aromatic rings. The van der Waals surface area contributed by atoms with Crippen molar-refractivity contribution >= 4 is 11.9 Å². The topological polar surface area (TPSA) is 66.0 Å². The fourth-order valence-corrected chi connectivity index (χ4v) is 3.55. The number of para-hydroxylation sites is 1. The van der Waals surface area contributed by atoms with Crippen molar-refractivity contribution in [2.75, 3.05) is 19.7 Å². The summed E-state index contributed by atoms with van der Waals surface area (Å²) in [5.41, 5.74) is 3.33. The van der Waals surface area contributed by atoms with Gasteiger partial charge in [-0.25, -0.2) is 4.99 Å². The van der Waals surface area contributed by atoms with E-state index < -0.39 is 0 Å². The van der Waals surface area contributed by atoms with Crippen LogP contribution < -0.4 is 15.4 Å². The van der Waals surface area contributed by atoms with Gasteiger partial charge >= 0.3 is 0 Å². The van der Waals surface area contributed by atoms with Gasteiger partial charge in [0.25, 0.3) is 0 Å². The number of hydrogen-bond acceptors (Lipinski definition) is 3. The summed E-state index contributed by atoms with van der Waals surface area (Å²) < 4.78 is 5.74. The number of nitrogens with zero attached hydrogens (tertiary/aromatic N) is 2. The molecule has 0 atom stereocenters. The third-order valence-corrected chi connectivity index (χ3v) is 5.08. The largest absolute Gasteiger partial charge is 0.489 e. The molecule has 164 valence electrons. The number of nitrogens with one attached hydrogen (secondary N) is 2. The Morgan fingerprint density at radius 3 is 2.81 bits per heavy atom. The number of ether oxygens (including phenoxy) is 1. The predicted octanol–water partition coefficient (Wildman–Crippen LogP) is 3.63. The smallest absolute Gasteiger partial charge is 0.222 e. The van der Waals surface area contributed by atoms with Crippen LogP contribution in [0.2, 0.25) is 0 Å². The van der Waals surface area contributed by atoms with E-state index in [1.807, 2.05) is 42.2 Å². The number of rotatable bonds is 10. The number of carbonyl (C=O) groups excluding carboxylic acids is 1. The van der Waals surface area contributed by atoms with Gasteiger partial charge in [-0.05, 0) is 30.5 Å². The Balaban J connectivity index is 1.61.